The van der Waals surface area contributed by atoms with Crippen LogP contribution in [0.5, 0.6) is 0 Å². The molecule has 0 saturated heterocycles. The van der Waals surface area contributed by atoms with E-state index in [4.69, 9.17) is 5.11 Å². The van der Waals surface area contributed by atoms with Crippen LogP contribution in [0.25, 0.3) is 0 Å². The Balaban J connectivity index is 4.34. The molecule has 13 heavy (non-hydrogen) atoms. The third-order valence-corrected chi connectivity index (χ3v) is 1.52. The fourth-order valence-electron chi connectivity index (χ4n) is 0.715. The monoisotopic (exact) mass is 187 g/mol. The molecule has 0 radical (unpaired) electrons. The Morgan fingerprint density at radius 3 is 2.31 bits per heavy atom. The molecule has 5 nitrogen and oxygen atoms in total. The summed E-state index contributed by atoms with van der Waals surface area (Å²) in [5.41, 5.74) is 0. The molecule has 0 aromatic carbocycles. The van der Waals surface area contributed by atoms with Crippen molar-refractivity contribution < 1.29 is 19.4 Å². The molecule has 0 aliphatic heterocycles. The number of carboxylic acids is 1. The number of aliphatic imine (C=N–C) groups is 1. The van der Waals surface area contributed by atoms with E-state index in [0.29, 0.717) is 0 Å². The van der Waals surface area contributed by atoms with Crippen molar-refractivity contribution in [3.05, 3.63) is 0 Å². The van der Waals surface area contributed by atoms with Gasteiger partial charge >= 0.3 is 12.1 Å². The molecular weight excluding hydrogens is 174 g/mol. The summed E-state index contributed by atoms with van der Waals surface area (Å²) in [5, 5.41) is 8.69. The van der Waals surface area contributed by atoms with Gasteiger partial charge in [-0.3, -0.25) is 4.79 Å². The Labute approximate surface area is 76.4 Å². The van der Waals surface area contributed by atoms with Crippen LogP contribution in [0.3, 0.4) is 0 Å². The van der Waals surface area contributed by atoms with E-state index >= 15 is 0 Å². The van der Waals surface area contributed by atoms with Gasteiger partial charge in [-0.2, -0.15) is 4.99 Å². The van der Waals surface area contributed by atoms with Crippen molar-refractivity contribution in [2.24, 2.45) is 16.8 Å². The van der Waals surface area contributed by atoms with Gasteiger partial charge in [-0.25, -0.2) is 4.79 Å². The largest absolute Gasteiger partial charge is 0.481 e. The van der Waals surface area contributed by atoms with Gasteiger partial charge in [-0.05, 0) is 5.92 Å². The second-order valence-electron chi connectivity index (χ2n) is 2.86. The first-order valence-corrected chi connectivity index (χ1v) is 3.84. The molecule has 1 atom stereocenters. The number of aliphatic carboxylic acids is 1. The van der Waals surface area contributed by atoms with Gasteiger partial charge in [0.05, 0.1) is 13.0 Å². The van der Waals surface area contributed by atoms with Crippen molar-refractivity contribution in [1.82, 2.24) is 0 Å². The van der Waals surface area contributed by atoms with Crippen LogP contribution in [0.1, 0.15) is 13.8 Å². The van der Waals surface area contributed by atoms with Crippen LogP contribution in [-0.4, -0.2) is 30.5 Å². The molecule has 0 aliphatic carbocycles. The summed E-state index contributed by atoms with van der Waals surface area (Å²) >= 11 is 0. The van der Waals surface area contributed by atoms with Crippen LogP contribution in [-0.2, 0) is 9.53 Å². The number of amides is 1. The summed E-state index contributed by atoms with van der Waals surface area (Å²) < 4.78 is 4.23. The lowest BCUT2D eigenvalue weighted by Gasteiger charge is -2.09. The number of rotatable bonds is 3. The molecular formula is C8H13NO4. The second kappa shape index (κ2) is 5.29. The zero-order chi connectivity index (χ0) is 10.4. The lowest BCUT2D eigenvalue weighted by atomic mass is 9.98. The average molecular weight is 187 g/mol. The van der Waals surface area contributed by atoms with Crippen molar-refractivity contribution >= 4 is 18.3 Å². The first-order valence-electron chi connectivity index (χ1n) is 3.84. The van der Waals surface area contributed by atoms with Crippen molar-refractivity contribution in [3.8, 4) is 0 Å². The highest BCUT2D eigenvalue weighted by atomic mass is 16.5. The lowest BCUT2D eigenvalue weighted by Crippen LogP contribution is -2.21. The maximum Gasteiger partial charge on any atom is 0.432 e. The minimum Gasteiger partial charge on any atom is -0.481 e. The van der Waals surface area contributed by atoms with Gasteiger partial charge < -0.3 is 9.84 Å². The van der Waals surface area contributed by atoms with E-state index in [2.05, 4.69) is 9.73 Å². The van der Waals surface area contributed by atoms with Gasteiger partial charge in [0.25, 0.3) is 0 Å². The van der Waals surface area contributed by atoms with E-state index in [0.717, 1.165) is 6.21 Å². The molecule has 1 N–H and O–H groups in total. The van der Waals surface area contributed by atoms with E-state index in [-0.39, 0.29) is 5.92 Å². The third-order valence-electron chi connectivity index (χ3n) is 1.52. The molecule has 0 rings (SSSR count). The molecule has 1 amide bonds. The Bertz CT molecular complexity index is 222. The number of methoxy groups -OCH3 is 1. The highest BCUT2D eigenvalue weighted by Crippen LogP contribution is 2.08. The minimum atomic E-state index is -0.998. The SMILES string of the molecule is COC(=O)/N=C\C(C(=O)O)C(C)C. The summed E-state index contributed by atoms with van der Waals surface area (Å²) in [5.74, 6) is -1.85. The summed E-state index contributed by atoms with van der Waals surface area (Å²) in [4.78, 5) is 24.5. The van der Waals surface area contributed by atoms with Gasteiger partial charge in [-0.1, -0.05) is 13.8 Å². The highest BCUT2D eigenvalue weighted by molar-refractivity contribution is 5.92. The average Bonchev–Trinajstić information content (AvgIpc) is 2.03. The number of ether oxygens (including phenoxy) is 1. The van der Waals surface area contributed by atoms with Gasteiger partial charge in [0.1, 0.15) is 0 Å². The smallest absolute Gasteiger partial charge is 0.432 e. The summed E-state index contributed by atoms with van der Waals surface area (Å²) in [7, 11) is 1.19. The first-order chi connectivity index (χ1) is 5.99. The molecule has 0 spiro atoms. The molecule has 1 unspecified atom stereocenters. The molecule has 0 aliphatic rings. The Kier molecular flexibility index (Phi) is 4.72. The Morgan fingerprint density at radius 2 is 2.00 bits per heavy atom. The fourth-order valence-corrected chi connectivity index (χ4v) is 0.715. The summed E-state index contributed by atoms with van der Waals surface area (Å²) in [6.45, 7) is 3.48. The second-order valence-corrected chi connectivity index (χ2v) is 2.86. The number of carbonyl (C=O) groups is 2. The molecule has 5 heteroatoms. The maximum atomic E-state index is 10.6. The molecule has 0 heterocycles. The van der Waals surface area contributed by atoms with Crippen LogP contribution in [0.2, 0.25) is 0 Å². The maximum absolute atomic E-state index is 10.6. The van der Waals surface area contributed by atoms with Crippen molar-refractivity contribution in [3.63, 3.8) is 0 Å². The van der Waals surface area contributed by atoms with E-state index in [1.807, 2.05) is 0 Å². The highest BCUT2D eigenvalue weighted by Gasteiger charge is 2.19. The number of carboxylic acid groups (broad SMARTS) is 1. The lowest BCUT2D eigenvalue weighted by molar-refractivity contribution is -0.140. The molecule has 0 aromatic heterocycles. The Hall–Kier alpha value is -1.39. The van der Waals surface area contributed by atoms with Gasteiger partial charge in [0.2, 0.25) is 0 Å². The fraction of sp³-hybridized carbons (Fsp3) is 0.625. The predicted molar refractivity (Wildman–Crippen MR) is 46.9 cm³/mol. The van der Waals surface area contributed by atoms with E-state index in [9.17, 15) is 9.59 Å². The number of nitrogens with zero attached hydrogens (tertiary/aromatic N) is 1. The standard InChI is InChI=1S/C8H13NO4/c1-5(2)6(7(10)11)4-9-8(12)13-3/h4-6H,1-3H3,(H,10,11)/b9-4-. The quantitative estimate of drug-likeness (QED) is 0.673. The van der Waals surface area contributed by atoms with Gasteiger partial charge in [0, 0.05) is 6.21 Å². The van der Waals surface area contributed by atoms with Crippen LogP contribution in [0.4, 0.5) is 4.79 Å². The molecule has 0 saturated carbocycles. The number of hydrogen-bond donors (Lipinski definition) is 1. The molecule has 74 valence electrons. The van der Waals surface area contributed by atoms with Gasteiger partial charge in [-0.15, -0.1) is 0 Å². The minimum absolute atomic E-state index is 0.106. The third kappa shape index (κ3) is 4.25. The number of hydrogen-bond acceptors (Lipinski definition) is 3. The van der Waals surface area contributed by atoms with Gasteiger partial charge in [0.15, 0.2) is 0 Å². The van der Waals surface area contributed by atoms with Crippen LogP contribution in [0, 0.1) is 11.8 Å². The van der Waals surface area contributed by atoms with Crippen molar-refractivity contribution in [1.29, 1.82) is 0 Å². The van der Waals surface area contributed by atoms with Crippen molar-refractivity contribution in [2.75, 3.05) is 7.11 Å². The van der Waals surface area contributed by atoms with Crippen molar-refractivity contribution in [2.45, 2.75) is 13.8 Å². The van der Waals surface area contributed by atoms with E-state index in [1.54, 1.807) is 13.8 Å². The first kappa shape index (κ1) is 11.6. The summed E-state index contributed by atoms with van der Waals surface area (Å²) in [6.07, 6.45) is 0.311. The molecule has 0 aromatic rings. The van der Waals surface area contributed by atoms with E-state index < -0.39 is 18.0 Å². The molecule has 0 bridgehead atoms. The molecule has 0 fully saturated rings. The van der Waals surface area contributed by atoms with Crippen LogP contribution >= 0.6 is 0 Å². The normalized spacial score (nSPS) is 13.2. The van der Waals surface area contributed by atoms with E-state index in [1.165, 1.54) is 7.11 Å². The topological polar surface area (TPSA) is 76.0 Å². The zero-order valence-electron chi connectivity index (χ0n) is 7.85. The van der Waals surface area contributed by atoms with Crippen LogP contribution < -0.4 is 0 Å². The van der Waals surface area contributed by atoms with Crippen LogP contribution in [0.15, 0.2) is 4.99 Å². The number of carbonyl (C=O) groups excluding carboxylic acids is 1. The Morgan fingerprint density at radius 1 is 1.46 bits per heavy atom. The zero-order valence-corrected chi connectivity index (χ0v) is 7.85. The predicted octanol–water partition coefficient (Wildman–Crippen LogP) is 1.18. The summed E-state index contributed by atoms with van der Waals surface area (Å²) in [6, 6.07) is 0.